The summed E-state index contributed by atoms with van der Waals surface area (Å²) in [6.45, 7) is 0. The number of pyridine rings is 2. The second-order valence-corrected chi connectivity index (χ2v) is 5.35. The maximum Gasteiger partial charge on any atom is 2.00 e. The summed E-state index contributed by atoms with van der Waals surface area (Å²) in [6.07, 6.45) is 3.62. The molecule has 3 nitrogen and oxygen atoms in total. The summed E-state index contributed by atoms with van der Waals surface area (Å²) < 4.78 is 0. The van der Waals surface area contributed by atoms with E-state index in [9.17, 15) is 5.11 Å². The predicted octanol–water partition coefficient (Wildman–Crippen LogP) is 3.61. The Balaban J connectivity index is 0.000000180. The van der Waals surface area contributed by atoms with E-state index in [1.807, 2.05) is 79.1 Å². The van der Waals surface area contributed by atoms with E-state index in [4.69, 9.17) is 0 Å². The van der Waals surface area contributed by atoms with Gasteiger partial charge in [0.15, 0.2) is 6.20 Å². The van der Waals surface area contributed by atoms with Gasteiger partial charge in [-0.1, -0.05) is 60.3 Å². The first-order valence-electron chi connectivity index (χ1n) is 8.04. The SMILES string of the molecule is [Be+2].[O-]c1ccccc1-c1cccc[nH+]1.c1ccc(-c2ccccn2)cc1. The molecule has 0 atom stereocenters. The predicted molar refractivity (Wildman–Crippen MR) is 103 cm³/mol. The van der Waals surface area contributed by atoms with E-state index in [0.29, 0.717) is 5.56 Å². The van der Waals surface area contributed by atoms with Crippen LogP contribution in [0.4, 0.5) is 0 Å². The summed E-state index contributed by atoms with van der Waals surface area (Å²) in [6, 6.07) is 28.7. The molecule has 0 amide bonds. The van der Waals surface area contributed by atoms with E-state index in [1.165, 1.54) is 0 Å². The van der Waals surface area contributed by atoms with Crippen LogP contribution in [0.25, 0.3) is 22.5 Å². The summed E-state index contributed by atoms with van der Waals surface area (Å²) in [5.74, 6) is 0.0463. The van der Waals surface area contributed by atoms with E-state index in [-0.39, 0.29) is 15.9 Å². The molecule has 26 heavy (non-hydrogen) atoms. The summed E-state index contributed by atoms with van der Waals surface area (Å²) in [7, 11) is 0. The van der Waals surface area contributed by atoms with Gasteiger partial charge in [-0.2, -0.15) is 0 Å². The molecule has 4 heteroatoms. The van der Waals surface area contributed by atoms with Gasteiger partial charge in [-0.3, -0.25) is 4.98 Å². The Kier molecular flexibility index (Phi) is 7.23. The smallest absolute Gasteiger partial charge is 0.872 e. The molecule has 0 aliphatic carbocycles. The Morgan fingerprint density at radius 3 is 2.04 bits per heavy atom. The van der Waals surface area contributed by atoms with Crippen LogP contribution in [0.2, 0.25) is 0 Å². The van der Waals surface area contributed by atoms with Crippen molar-refractivity contribution in [1.82, 2.24) is 4.98 Å². The van der Waals surface area contributed by atoms with Gasteiger partial charge in [0.1, 0.15) is 0 Å². The van der Waals surface area contributed by atoms with Crippen molar-refractivity contribution in [3.05, 3.63) is 103 Å². The molecule has 2 aromatic heterocycles. The molecule has 0 aliphatic rings. The first-order valence-corrected chi connectivity index (χ1v) is 8.04. The largest absolute Gasteiger partial charge is 2.00 e. The van der Waals surface area contributed by atoms with E-state index in [2.05, 4.69) is 22.1 Å². The standard InChI is InChI=1S/C11H9NO.C11H9N.Be/c13-11-7-2-1-5-9(11)10-6-3-4-8-12-10;1-2-6-10(7-3-1)11-8-4-5-9-12-11;/h1-8,13H;1-9H;/q;;+2. The topological polar surface area (TPSA) is 50.1 Å². The number of benzene rings is 2. The van der Waals surface area contributed by atoms with Crippen molar-refractivity contribution in [2.45, 2.75) is 0 Å². The van der Waals surface area contributed by atoms with Crippen LogP contribution in [0, 0.1) is 0 Å². The van der Waals surface area contributed by atoms with Crippen LogP contribution >= 0.6 is 0 Å². The van der Waals surface area contributed by atoms with Crippen LogP contribution in [0.3, 0.4) is 0 Å². The molecular formula is C22H18BeN2O+2. The van der Waals surface area contributed by atoms with Crippen molar-refractivity contribution in [3.8, 4) is 28.3 Å². The molecule has 0 saturated heterocycles. The van der Waals surface area contributed by atoms with Crippen molar-refractivity contribution in [2.75, 3.05) is 0 Å². The molecule has 0 saturated carbocycles. The third-order valence-corrected chi connectivity index (χ3v) is 3.62. The summed E-state index contributed by atoms with van der Waals surface area (Å²) >= 11 is 0. The Hall–Kier alpha value is -3.29. The third-order valence-electron chi connectivity index (χ3n) is 3.62. The Bertz CT molecular complexity index is 863. The van der Waals surface area contributed by atoms with Gasteiger partial charge >= 0.3 is 10.1 Å². The molecule has 2 heterocycles. The normalized spacial score (nSPS) is 9.38. The summed E-state index contributed by atoms with van der Waals surface area (Å²) in [5.41, 5.74) is 3.76. The summed E-state index contributed by atoms with van der Waals surface area (Å²) in [5, 5.41) is 11.4. The van der Waals surface area contributed by atoms with Crippen LogP contribution in [0.1, 0.15) is 0 Å². The van der Waals surface area contributed by atoms with Crippen LogP contribution in [-0.2, 0) is 0 Å². The van der Waals surface area contributed by atoms with Crippen molar-refractivity contribution in [2.24, 2.45) is 0 Å². The zero-order valence-electron chi connectivity index (χ0n) is 14.4. The average molecular weight is 335 g/mol. The minimum atomic E-state index is 0. The second kappa shape index (κ2) is 9.87. The van der Waals surface area contributed by atoms with Crippen LogP contribution in [-0.4, -0.2) is 15.1 Å². The maximum atomic E-state index is 11.4. The number of hydrogen-bond acceptors (Lipinski definition) is 2. The van der Waals surface area contributed by atoms with Crippen LogP contribution in [0.5, 0.6) is 5.75 Å². The Labute approximate surface area is 157 Å². The summed E-state index contributed by atoms with van der Waals surface area (Å²) in [4.78, 5) is 7.27. The molecule has 0 aliphatic heterocycles. The molecule has 4 rings (SSSR count). The molecule has 1 N–H and O–H groups in total. The Morgan fingerprint density at radius 1 is 0.692 bits per heavy atom. The molecule has 0 unspecified atom stereocenters. The van der Waals surface area contributed by atoms with Gasteiger partial charge in [-0.05, 0) is 24.3 Å². The van der Waals surface area contributed by atoms with Crippen LogP contribution < -0.4 is 10.1 Å². The molecule has 0 fully saturated rings. The average Bonchev–Trinajstić information content (AvgIpc) is 2.71. The first-order chi connectivity index (χ1) is 12.3. The molecule has 2 aromatic carbocycles. The van der Waals surface area contributed by atoms with Gasteiger partial charge in [-0.25, -0.2) is 4.98 Å². The third kappa shape index (κ3) is 5.10. The van der Waals surface area contributed by atoms with Gasteiger partial charge < -0.3 is 5.11 Å². The van der Waals surface area contributed by atoms with Crippen molar-refractivity contribution >= 4 is 10.1 Å². The fourth-order valence-electron chi connectivity index (χ4n) is 2.39. The van der Waals surface area contributed by atoms with Gasteiger partial charge in [0.2, 0.25) is 5.69 Å². The van der Waals surface area contributed by atoms with E-state index in [1.54, 1.807) is 12.1 Å². The monoisotopic (exact) mass is 335 g/mol. The van der Waals surface area contributed by atoms with Gasteiger partial charge in [0, 0.05) is 29.5 Å². The Morgan fingerprint density at radius 2 is 1.38 bits per heavy atom. The number of H-pyrrole nitrogens is 1. The number of aromatic nitrogens is 2. The molecular weight excluding hydrogens is 317 g/mol. The minimum Gasteiger partial charge on any atom is -0.872 e. The molecule has 0 radical (unpaired) electrons. The van der Waals surface area contributed by atoms with Gasteiger partial charge in [0.05, 0.1) is 5.69 Å². The minimum absolute atomic E-state index is 0. The fourth-order valence-corrected chi connectivity index (χ4v) is 2.39. The van der Waals surface area contributed by atoms with Gasteiger partial charge in [0.25, 0.3) is 0 Å². The molecule has 4 aromatic rings. The molecule has 0 bridgehead atoms. The number of aromatic amines is 1. The second-order valence-electron chi connectivity index (χ2n) is 5.35. The number of hydrogen-bond donors (Lipinski definition) is 0. The number of rotatable bonds is 2. The first kappa shape index (κ1) is 19.0. The zero-order chi connectivity index (χ0) is 17.3. The van der Waals surface area contributed by atoms with E-state index >= 15 is 0 Å². The van der Waals surface area contributed by atoms with Crippen LogP contribution in [0.15, 0.2) is 103 Å². The van der Waals surface area contributed by atoms with Crippen molar-refractivity contribution in [1.29, 1.82) is 0 Å². The maximum absolute atomic E-state index is 11.4. The molecule has 122 valence electrons. The number of nitrogens with zero attached hydrogens (tertiary/aromatic N) is 1. The zero-order valence-corrected chi connectivity index (χ0v) is 14.4. The number of para-hydroxylation sites is 1. The number of nitrogens with one attached hydrogen (secondary N) is 1. The van der Waals surface area contributed by atoms with Crippen molar-refractivity contribution < 1.29 is 10.1 Å². The quantitative estimate of drug-likeness (QED) is 0.526. The fraction of sp³-hybridized carbons (Fsp3) is 0. The van der Waals surface area contributed by atoms with E-state index < -0.39 is 0 Å². The molecule has 0 spiro atoms. The van der Waals surface area contributed by atoms with E-state index in [0.717, 1.165) is 17.0 Å². The van der Waals surface area contributed by atoms with Gasteiger partial charge in [-0.15, -0.1) is 0 Å². The van der Waals surface area contributed by atoms with Crippen molar-refractivity contribution in [3.63, 3.8) is 0 Å².